The number of hydrogen-bond acceptors (Lipinski definition) is 2. The number of rotatable bonds is 3. The molecule has 1 rings (SSSR count). The molecule has 0 spiro atoms. The van der Waals surface area contributed by atoms with E-state index in [0.29, 0.717) is 12.2 Å². The first kappa shape index (κ1) is 11.4. The fourth-order valence-corrected chi connectivity index (χ4v) is 1.35. The highest BCUT2D eigenvalue weighted by Gasteiger charge is 2.24. The zero-order valence-corrected chi connectivity index (χ0v) is 9.27. The van der Waals surface area contributed by atoms with Gasteiger partial charge in [0, 0.05) is 18.3 Å². The lowest BCUT2D eigenvalue weighted by atomic mass is 10.2. The van der Waals surface area contributed by atoms with Crippen molar-refractivity contribution < 1.29 is 4.79 Å². The number of hydrogen-bond donors (Lipinski definition) is 0. The molecule has 1 aliphatic rings. The molecule has 0 aromatic rings. The Balaban J connectivity index is 2.96. The monoisotopic (exact) mass is 203 g/mol. The minimum atomic E-state index is -0.0503. The Bertz CT molecular complexity index is 369. The third-order valence-electron chi connectivity index (χ3n) is 2.03. The SMILES string of the molecule is BN1CC(/C=C/C)=C(/N=C\N=C/C)C1=O. The summed E-state index contributed by atoms with van der Waals surface area (Å²) in [5, 5.41) is 0. The first-order valence-corrected chi connectivity index (χ1v) is 4.82. The van der Waals surface area contributed by atoms with Gasteiger partial charge in [-0.05, 0) is 13.8 Å². The van der Waals surface area contributed by atoms with Crippen molar-refractivity contribution in [2.75, 3.05) is 6.54 Å². The van der Waals surface area contributed by atoms with Crippen LogP contribution >= 0.6 is 0 Å². The molecular weight excluding hydrogens is 189 g/mol. The first-order chi connectivity index (χ1) is 7.20. The third kappa shape index (κ3) is 2.65. The maximum Gasteiger partial charge on any atom is 0.260 e. The number of carbonyl (C=O) groups excluding carboxylic acids is 1. The first-order valence-electron chi connectivity index (χ1n) is 4.82. The van der Waals surface area contributed by atoms with E-state index in [1.807, 2.05) is 19.1 Å². The van der Waals surface area contributed by atoms with Gasteiger partial charge in [-0.2, -0.15) is 0 Å². The van der Waals surface area contributed by atoms with E-state index in [1.54, 1.807) is 25.9 Å². The molecule has 1 amide bonds. The van der Waals surface area contributed by atoms with Crippen molar-refractivity contribution in [3.05, 3.63) is 23.4 Å². The van der Waals surface area contributed by atoms with Gasteiger partial charge in [0.05, 0.1) is 0 Å². The fourth-order valence-electron chi connectivity index (χ4n) is 1.35. The van der Waals surface area contributed by atoms with Gasteiger partial charge in [-0.3, -0.25) is 4.79 Å². The van der Waals surface area contributed by atoms with Crippen molar-refractivity contribution in [1.29, 1.82) is 0 Å². The van der Waals surface area contributed by atoms with Gasteiger partial charge in [0.2, 0.25) is 7.98 Å². The normalized spacial score (nSPS) is 18.3. The van der Waals surface area contributed by atoms with Crippen LogP contribution in [0.15, 0.2) is 33.4 Å². The van der Waals surface area contributed by atoms with Crippen molar-refractivity contribution in [2.24, 2.45) is 9.98 Å². The quantitative estimate of drug-likeness (QED) is 0.370. The summed E-state index contributed by atoms with van der Waals surface area (Å²) in [7, 11) is 1.76. The minimum absolute atomic E-state index is 0.0503. The highest BCUT2D eigenvalue weighted by molar-refractivity contribution is 6.20. The van der Waals surface area contributed by atoms with Gasteiger partial charge in [0.15, 0.2) is 0 Å². The predicted molar refractivity (Wildman–Crippen MR) is 64.8 cm³/mol. The van der Waals surface area contributed by atoms with Gasteiger partial charge in [-0.25, -0.2) is 9.98 Å². The molecule has 15 heavy (non-hydrogen) atoms. The predicted octanol–water partition coefficient (Wildman–Crippen LogP) is 0.326. The molecule has 0 radical (unpaired) electrons. The molecular formula is C10H14BN3O. The van der Waals surface area contributed by atoms with E-state index in [4.69, 9.17) is 0 Å². The lowest BCUT2D eigenvalue weighted by molar-refractivity contribution is -0.121. The van der Waals surface area contributed by atoms with Crippen LogP contribution < -0.4 is 0 Å². The van der Waals surface area contributed by atoms with E-state index in [9.17, 15) is 4.79 Å². The molecule has 5 heteroatoms. The lowest BCUT2D eigenvalue weighted by Gasteiger charge is -2.06. The number of carbonyl (C=O) groups is 1. The highest BCUT2D eigenvalue weighted by Crippen LogP contribution is 2.19. The Labute approximate surface area is 90.5 Å². The second-order valence-electron chi connectivity index (χ2n) is 3.19. The molecule has 0 N–H and O–H groups in total. The smallest absolute Gasteiger partial charge is 0.260 e. The maximum absolute atomic E-state index is 11.7. The van der Waals surface area contributed by atoms with Gasteiger partial charge < -0.3 is 4.81 Å². The lowest BCUT2D eigenvalue weighted by Crippen LogP contribution is -2.23. The Morgan fingerprint density at radius 2 is 2.20 bits per heavy atom. The Kier molecular flexibility index (Phi) is 4.03. The van der Waals surface area contributed by atoms with Crippen LogP contribution in [0.1, 0.15) is 13.8 Å². The summed E-state index contributed by atoms with van der Waals surface area (Å²) in [6, 6.07) is 0. The van der Waals surface area contributed by atoms with E-state index in [1.165, 1.54) is 6.34 Å². The molecule has 1 aliphatic heterocycles. The Morgan fingerprint density at radius 1 is 1.47 bits per heavy atom. The van der Waals surface area contributed by atoms with Crippen molar-refractivity contribution in [1.82, 2.24) is 4.81 Å². The average molecular weight is 203 g/mol. The molecule has 0 aromatic carbocycles. The van der Waals surface area contributed by atoms with Crippen LogP contribution in [0.3, 0.4) is 0 Å². The number of allylic oxidation sites excluding steroid dienone is 1. The van der Waals surface area contributed by atoms with Crippen LogP contribution in [0.5, 0.6) is 0 Å². The summed E-state index contributed by atoms with van der Waals surface area (Å²) >= 11 is 0. The van der Waals surface area contributed by atoms with Crippen molar-refractivity contribution in [3.8, 4) is 0 Å². The molecule has 0 aliphatic carbocycles. The van der Waals surface area contributed by atoms with E-state index in [2.05, 4.69) is 9.98 Å². The fraction of sp³-hybridized carbons (Fsp3) is 0.300. The number of aliphatic imine (C=N–C) groups is 2. The van der Waals surface area contributed by atoms with Gasteiger partial charge in [0.1, 0.15) is 12.0 Å². The molecule has 0 fully saturated rings. The third-order valence-corrected chi connectivity index (χ3v) is 2.03. The molecule has 0 saturated carbocycles. The molecule has 78 valence electrons. The van der Waals surface area contributed by atoms with Gasteiger partial charge >= 0.3 is 0 Å². The number of amides is 1. The zero-order valence-electron chi connectivity index (χ0n) is 9.27. The largest absolute Gasteiger partial charge is 0.384 e. The summed E-state index contributed by atoms with van der Waals surface area (Å²) in [6.07, 6.45) is 6.84. The van der Waals surface area contributed by atoms with Gasteiger partial charge in [-0.15, -0.1) is 0 Å². The molecule has 0 atom stereocenters. The summed E-state index contributed by atoms with van der Waals surface area (Å²) < 4.78 is 0. The van der Waals surface area contributed by atoms with E-state index in [0.717, 1.165) is 5.57 Å². The average Bonchev–Trinajstić information content (AvgIpc) is 2.47. The van der Waals surface area contributed by atoms with Gasteiger partial charge in [0.25, 0.3) is 5.91 Å². The Morgan fingerprint density at radius 3 is 2.80 bits per heavy atom. The van der Waals surface area contributed by atoms with Crippen LogP contribution in [0.2, 0.25) is 0 Å². The van der Waals surface area contributed by atoms with Crippen molar-refractivity contribution in [2.45, 2.75) is 13.8 Å². The molecule has 1 heterocycles. The highest BCUT2D eigenvalue weighted by atomic mass is 16.2. The summed E-state index contributed by atoms with van der Waals surface area (Å²) in [5.74, 6) is -0.0503. The van der Waals surface area contributed by atoms with E-state index in [-0.39, 0.29) is 5.91 Å². The zero-order chi connectivity index (χ0) is 11.3. The standard InChI is InChI=1S/C10H14BN3O/c1-3-5-8-6-14(11)10(15)9(8)13-7-12-4-2/h3-5,7H,6,11H2,1-2H3/b5-3+,12-4-,13-7-. The second-order valence-corrected chi connectivity index (χ2v) is 3.19. The van der Waals surface area contributed by atoms with E-state index >= 15 is 0 Å². The summed E-state index contributed by atoms with van der Waals surface area (Å²) in [5.41, 5.74) is 1.42. The second kappa shape index (κ2) is 5.29. The molecule has 0 saturated heterocycles. The van der Waals surface area contributed by atoms with Gasteiger partial charge in [-0.1, -0.05) is 12.2 Å². The Hall–Kier alpha value is -1.65. The molecule has 0 unspecified atom stereocenters. The molecule has 4 nitrogen and oxygen atoms in total. The summed E-state index contributed by atoms with van der Waals surface area (Å²) in [4.78, 5) is 21.2. The molecule has 0 aromatic heterocycles. The maximum atomic E-state index is 11.7. The van der Waals surface area contributed by atoms with E-state index < -0.39 is 0 Å². The topological polar surface area (TPSA) is 45.0 Å². The van der Waals surface area contributed by atoms with Crippen molar-refractivity contribution >= 4 is 26.4 Å². The minimum Gasteiger partial charge on any atom is -0.384 e. The van der Waals surface area contributed by atoms with Crippen LogP contribution in [-0.4, -0.2) is 37.8 Å². The molecule has 0 bridgehead atoms. The number of nitrogens with zero attached hydrogens (tertiary/aromatic N) is 3. The van der Waals surface area contributed by atoms with Crippen LogP contribution in [-0.2, 0) is 4.79 Å². The van der Waals surface area contributed by atoms with Crippen LogP contribution in [0.4, 0.5) is 0 Å². The summed E-state index contributed by atoms with van der Waals surface area (Å²) in [6.45, 7) is 4.34. The van der Waals surface area contributed by atoms with Crippen LogP contribution in [0, 0.1) is 0 Å². The van der Waals surface area contributed by atoms with Crippen LogP contribution in [0.25, 0.3) is 0 Å². The van der Waals surface area contributed by atoms with Crippen molar-refractivity contribution in [3.63, 3.8) is 0 Å².